The molecule has 27 heavy (non-hydrogen) atoms. The molecule has 3 aromatic rings. The van der Waals surface area contributed by atoms with Crippen LogP contribution in [-0.4, -0.2) is 27.9 Å². The van der Waals surface area contributed by atoms with Crippen LogP contribution in [0.3, 0.4) is 0 Å². The summed E-state index contributed by atoms with van der Waals surface area (Å²) in [7, 11) is 0. The zero-order chi connectivity index (χ0) is 18.8. The van der Waals surface area contributed by atoms with Crippen LogP contribution in [-0.2, 0) is 11.2 Å². The second-order valence-corrected chi connectivity index (χ2v) is 6.79. The number of rotatable bonds is 4. The topological polar surface area (TPSA) is 80.4 Å². The standard InChI is InChI=1S/C21H20N4O2/c1-13(2)20-24-25-21(27-20)23-19-17(26)12-15-10-6-7-11-16(15)18(22-19)14-8-4-3-5-9-14/h3-11,13,19H,12H2,1-2H3,(H,23,25). The van der Waals surface area contributed by atoms with Gasteiger partial charge < -0.3 is 9.73 Å². The molecule has 1 N–H and O–H groups in total. The van der Waals surface area contributed by atoms with Gasteiger partial charge >= 0.3 is 6.01 Å². The van der Waals surface area contributed by atoms with E-state index in [1.807, 2.05) is 68.4 Å². The lowest BCUT2D eigenvalue weighted by molar-refractivity contribution is -0.119. The van der Waals surface area contributed by atoms with Crippen molar-refractivity contribution in [2.24, 2.45) is 4.99 Å². The molecule has 136 valence electrons. The van der Waals surface area contributed by atoms with Gasteiger partial charge in [0, 0.05) is 23.5 Å². The summed E-state index contributed by atoms with van der Waals surface area (Å²) in [5, 5.41) is 11.0. The number of aromatic nitrogens is 2. The van der Waals surface area contributed by atoms with Crippen molar-refractivity contribution in [3.05, 3.63) is 77.2 Å². The molecule has 0 fully saturated rings. The number of nitrogens with one attached hydrogen (secondary N) is 1. The number of hydrogen-bond donors (Lipinski definition) is 1. The van der Waals surface area contributed by atoms with Gasteiger partial charge in [-0.15, -0.1) is 5.10 Å². The maximum absolute atomic E-state index is 12.8. The van der Waals surface area contributed by atoms with Gasteiger partial charge in [-0.05, 0) is 5.56 Å². The van der Waals surface area contributed by atoms with E-state index in [1.165, 1.54) is 0 Å². The van der Waals surface area contributed by atoms with Gasteiger partial charge in [0.1, 0.15) is 0 Å². The summed E-state index contributed by atoms with van der Waals surface area (Å²) >= 11 is 0. The zero-order valence-electron chi connectivity index (χ0n) is 15.2. The predicted octanol–water partition coefficient (Wildman–Crippen LogP) is 3.59. The number of aliphatic imine (C=N–C) groups is 1. The summed E-state index contributed by atoms with van der Waals surface area (Å²) < 4.78 is 5.60. The Kier molecular flexibility index (Phi) is 4.54. The molecule has 0 saturated carbocycles. The number of carbonyl (C=O) groups is 1. The van der Waals surface area contributed by atoms with Gasteiger partial charge in [-0.1, -0.05) is 73.5 Å². The molecule has 0 amide bonds. The van der Waals surface area contributed by atoms with Crippen molar-refractivity contribution in [2.45, 2.75) is 32.4 Å². The Hall–Kier alpha value is -3.28. The number of carbonyl (C=O) groups excluding carboxylic acids is 1. The number of Topliss-reactive ketones (excluding diaryl/α,β-unsaturated/α-hetero) is 1. The monoisotopic (exact) mass is 360 g/mol. The van der Waals surface area contributed by atoms with Crippen LogP contribution in [0.2, 0.25) is 0 Å². The molecule has 4 rings (SSSR count). The van der Waals surface area contributed by atoms with Crippen molar-refractivity contribution in [1.82, 2.24) is 10.2 Å². The number of anilines is 1. The first-order chi connectivity index (χ1) is 13.1. The van der Waals surface area contributed by atoms with Crippen LogP contribution in [0.15, 0.2) is 64.0 Å². The number of benzene rings is 2. The molecule has 1 aromatic heterocycles. The molecule has 1 aliphatic rings. The fourth-order valence-corrected chi connectivity index (χ4v) is 3.04. The molecule has 0 saturated heterocycles. The molecule has 0 bridgehead atoms. The molecule has 2 heterocycles. The molecule has 1 aliphatic heterocycles. The van der Waals surface area contributed by atoms with Gasteiger partial charge in [-0.2, -0.15) is 0 Å². The van der Waals surface area contributed by atoms with E-state index in [0.717, 1.165) is 22.4 Å². The van der Waals surface area contributed by atoms with Crippen molar-refractivity contribution in [2.75, 3.05) is 5.32 Å². The second kappa shape index (κ2) is 7.15. The summed E-state index contributed by atoms with van der Waals surface area (Å²) in [6, 6.07) is 17.9. The number of nitrogens with zero attached hydrogens (tertiary/aromatic N) is 3. The van der Waals surface area contributed by atoms with E-state index in [4.69, 9.17) is 9.41 Å². The first-order valence-electron chi connectivity index (χ1n) is 8.96. The number of ketones is 1. The van der Waals surface area contributed by atoms with E-state index in [1.54, 1.807) is 0 Å². The van der Waals surface area contributed by atoms with Crippen LogP contribution in [0.25, 0.3) is 0 Å². The van der Waals surface area contributed by atoms with Crippen molar-refractivity contribution in [3.8, 4) is 0 Å². The van der Waals surface area contributed by atoms with Crippen LogP contribution in [0.5, 0.6) is 0 Å². The molecule has 2 aromatic carbocycles. The Morgan fingerprint density at radius 1 is 1.04 bits per heavy atom. The first-order valence-corrected chi connectivity index (χ1v) is 8.96. The smallest absolute Gasteiger partial charge is 0.317 e. The SMILES string of the molecule is CC(C)c1nnc(NC2N=C(c3ccccc3)c3ccccc3CC2=O)o1. The Bertz CT molecular complexity index is 992. The average molecular weight is 360 g/mol. The minimum absolute atomic E-state index is 0.0438. The third-order valence-corrected chi connectivity index (χ3v) is 4.44. The third kappa shape index (κ3) is 3.51. The van der Waals surface area contributed by atoms with Gasteiger partial charge in [-0.3, -0.25) is 9.79 Å². The van der Waals surface area contributed by atoms with E-state index in [0.29, 0.717) is 12.3 Å². The maximum atomic E-state index is 12.8. The Labute approximate surface area is 157 Å². The highest BCUT2D eigenvalue weighted by Crippen LogP contribution is 2.23. The van der Waals surface area contributed by atoms with E-state index < -0.39 is 6.17 Å². The minimum Gasteiger partial charge on any atom is -0.408 e. The highest BCUT2D eigenvalue weighted by Gasteiger charge is 2.27. The largest absolute Gasteiger partial charge is 0.408 e. The lowest BCUT2D eigenvalue weighted by Gasteiger charge is -2.11. The van der Waals surface area contributed by atoms with Gasteiger partial charge in [0.2, 0.25) is 5.89 Å². The van der Waals surface area contributed by atoms with Gasteiger partial charge in [0.25, 0.3) is 0 Å². The highest BCUT2D eigenvalue weighted by atomic mass is 16.4. The quantitative estimate of drug-likeness (QED) is 0.769. The fraction of sp³-hybridized carbons (Fsp3) is 0.238. The van der Waals surface area contributed by atoms with Crippen molar-refractivity contribution >= 4 is 17.5 Å². The Morgan fingerprint density at radius 3 is 2.52 bits per heavy atom. The molecule has 0 aliphatic carbocycles. The van der Waals surface area contributed by atoms with E-state index in [-0.39, 0.29) is 17.7 Å². The maximum Gasteiger partial charge on any atom is 0.317 e. The summed E-state index contributed by atoms with van der Waals surface area (Å²) in [6.45, 7) is 3.94. The van der Waals surface area contributed by atoms with Gasteiger partial charge in [0.05, 0.1) is 5.71 Å². The summed E-state index contributed by atoms with van der Waals surface area (Å²) in [6.07, 6.45) is -0.494. The van der Waals surface area contributed by atoms with E-state index >= 15 is 0 Å². The lowest BCUT2D eigenvalue weighted by Crippen LogP contribution is -2.29. The van der Waals surface area contributed by atoms with E-state index in [9.17, 15) is 4.79 Å². The van der Waals surface area contributed by atoms with Crippen molar-refractivity contribution in [1.29, 1.82) is 0 Å². The third-order valence-electron chi connectivity index (χ3n) is 4.44. The fourth-order valence-electron chi connectivity index (χ4n) is 3.04. The van der Waals surface area contributed by atoms with Crippen LogP contribution in [0.4, 0.5) is 6.01 Å². The molecular weight excluding hydrogens is 340 g/mol. The molecule has 0 radical (unpaired) electrons. The highest BCUT2D eigenvalue weighted by molar-refractivity contribution is 6.16. The molecule has 0 spiro atoms. The van der Waals surface area contributed by atoms with Crippen LogP contribution in [0, 0.1) is 0 Å². The number of hydrogen-bond acceptors (Lipinski definition) is 6. The Balaban J connectivity index is 1.75. The first kappa shape index (κ1) is 17.1. The predicted molar refractivity (Wildman–Crippen MR) is 103 cm³/mol. The summed E-state index contributed by atoms with van der Waals surface area (Å²) in [5.41, 5.74) is 3.66. The molecule has 1 unspecified atom stereocenters. The second-order valence-electron chi connectivity index (χ2n) is 6.79. The van der Waals surface area contributed by atoms with Crippen molar-refractivity contribution < 1.29 is 9.21 Å². The molecular formula is C21H20N4O2. The van der Waals surface area contributed by atoms with Crippen LogP contribution >= 0.6 is 0 Å². The average Bonchev–Trinajstić information content (AvgIpc) is 3.10. The lowest BCUT2D eigenvalue weighted by atomic mass is 9.96. The van der Waals surface area contributed by atoms with Gasteiger partial charge in [-0.25, -0.2) is 0 Å². The Morgan fingerprint density at radius 2 is 1.78 bits per heavy atom. The minimum atomic E-state index is -0.784. The molecule has 6 nitrogen and oxygen atoms in total. The zero-order valence-corrected chi connectivity index (χ0v) is 15.2. The number of fused-ring (bicyclic) bond motifs is 1. The summed E-state index contributed by atoms with van der Waals surface area (Å²) in [4.78, 5) is 17.6. The molecule has 1 atom stereocenters. The summed E-state index contributed by atoms with van der Waals surface area (Å²) in [5.74, 6) is 0.595. The molecule has 6 heteroatoms. The van der Waals surface area contributed by atoms with Crippen LogP contribution in [0.1, 0.15) is 42.3 Å². The van der Waals surface area contributed by atoms with Gasteiger partial charge in [0.15, 0.2) is 11.9 Å². The van der Waals surface area contributed by atoms with Crippen molar-refractivity contribution in [3.63, 3.8) is 0 Å². The van der Waals surface area contributed by atoms with Crippen LogP contribution < -0.4 is 5.32 Å². The normalized spacial score (nSPS) is 16.6. The van der Waals surface area contributed by atoms with E-state index in [2.05, 4.69) is 15.5 Å².